The molecule has 2 rings (SSSR count). The van der Waals surface area contributed by atoms with Crippen molar-refractivity contribution < 1.29 is 9.90 Å². The lowest BCUT2D eigenvalue weighted by Crippen LogP contribution is -2.42. The Balaban J connectivity index is 2.25. The van der Waals surface area contributed by atoms with Crippen molar-refractivity contribution in [3.05, 3.63) is 11.1 Å². The number of fused-ring (bicyclic) bond motifs is 1. The molecule has 0 aromatic heterocycles. The van der Waals surface area contributed by atoms with Crippen LogP contribution in [0.4, 0.5) is 0 Å². The van der Waals surface area contributed by atoms with E-state index in [1.165, 1.54) is 24.8 Å². The van der Waals surface area contributed by atoms with Crippen molar-refractivity contribution >= 4 is 5.97 Å². The van der Waals surface area contributed by atoms with Crippen LogP contribution in [-0.4, -0.2) is 11.1 Å². The quantitative estimate of drug-likeness (QED) is 0.706. The Kier molecular flexibility index (Phi) is 3.57. The van der Waals surface area contributed by atoms with Gasteiger partial charge in [-0.1, -0.05) is 26.3 Å². The van der Waals surface area contributed by atoms with Crippen LogP contribution in [0.25, 0.3) is 0 Å². The molecule has 1 N–H and O–H groups in total. The number of carboxylic acid groups (broad SMARTS) is 1. The third-order valence-corrected chi connectivity index (χ3v) is 5.90. The summed E-state index contributed by atoms with van der Waals surface area (Å²) in [6.07, 6.45) is 5.89. The molecule has 0 aliphatic heterocycles. The number of hydrogen-bond acceptors (Lipinski definition) is 1. The Morgan fingerprint density at radius 2 is 1.94 bits per heavy atom. The van der Waals surface area contributed by atoms with Gasteiger partial charge < -0.3 is 5.11 Å². The molecule has 102 valence electrons. The van der Waals surface area contributed by atoms with Gasteiger partial charge in [0.25, 0.3) is 0 Å². The summed E-state index contributed by atoms with van der Waals surface area (Å²) < 4.78 is 0. The fourth-order valence-electron chi connectivity index (χ4n) is 4.00. The Morgan fingerprint density at radius 1 is 1.28 bits per heavy atom. The van der Waals surface area contributed by atoms with Gasteiger partial charge in [-0.2, -0.15) is 0 Å². The molecule has 18 heavy (non-hydrogen) atoms. The highest BCUT2D eigenvalue weighted by Gasteiger charge is 2.45. The first-order chi connectivity index (χ1) is 8.34. The molecule has 0 radical (unpaired) electrons. The van der Waals surface area contributed by atoms with Crippen LogP contribution in [0.1, 0.15) is 59.8 Å². The molecule has 3 atom stereocenters. The second-order valence-corrected chi connectivity index (χ2v) is 6.94. The summed E-state index contributed by atoms with van der Waals surface area (Å²) in [5, 5.41) is 9.15. The summed E-state index contributed by atoms with van der Waals surface area (Å²) in [6, 6.07) is 0. The van der Waals surface area contributed by atoms with Gasteiger partial charge in [0, 0.05) is 5.57 Å². The van der Waals surface area contributed by atoms with Crippen LogP contribution in [0, 0.1) is 23.2 Å². The Labute approximate surface area is 110 Å². The largest absolute Gasteiger partial charge is 0.478 e. The van der Waals surface area contributed by atoms with E-state index in [1.807, 2.05) is 0 Å². The van der Waals surface area contributed by atoms with Crippen molar-refractivity contribution in [1.82, 2.24) is 0 Å². The van der Waals surface area contributed by atoms with Gasteiger partial charge in [0.1, 0.15) is 0 Å². The molecule has 2 fully saturated rings. The van der Waals surface area contributed by atoms with Gasteiger partial charge in [-0.15, -0.1) is 0 Å². The van der Waals surface area contributed by atoms with E-state index in [0.29, 0.717) is 16.9 Å². The second kappa shape index (κ2) is 4.71. The minimum absolute atomic E-state index is 0.355. The molecule has 2 aliphatic rings. The molecule has 0 heterocycles. The van der Waals surface area contributed by atoms with Crippen molar-refractivity contribution in [3.8, 4) is 0 Å². The molecule has 2 aliphatic carbocycles. The van der Waals surface area contributed by atoms with E-state index in [-0.39, 0.29) is 0 Å². The third kappa shape index (κ3) is 2.22. The molecule has 0 amide bonds. The molecular weight excluding hydrogens is 224 g/mol. The van der Waals surface area contributed by atoms with Gasteiger partial charge in [0.15, 0.2) is 0 Å². The lowest BCUT2D eigenvalue weighted by atomic mass is 9.54. The molecule has 0 saturated heterocycles. The molecule has 0 aromatic carbocycles. The lowest BCUT2D eigenvalue weighted by Gasteiger charge is -2.51. The van der Waals surface area contributed by atoms with Crippen LogP contribution in [0.2, 0.25) is 0 Å². The van der Waals surface area contributed by atoms with Crippen LogP contribution >= 0.6 is 0 Å². The molecule has 2 heteroatoms. The predicted molar refractivity (Wildman–Crippen MR) is 73.3 cm³/mol. The van der Waals surface area contributed by atoms with Gasteiger partial charge in [-0.3, -0.25) is 0 Å². The SMILES string of the molecule is C/C(C(=O)O)=C1/CCC2CCC(C)C(C)(C)C2C1. The molecule has 0 aromatic rings. The van der Waals surface area contributed by atoms with Crippen LogP contribution in [0.15, 0.2) is 11.1 Å². The number of aliphatic carboxylic acids is 1. The zero-order chi connectivity index (χ0) is 13.5. The zero-order valence-corrected chi connectivity index (χ0v) is 12.1. The standard InChI is InChI=1S/C16H26O2/c1-10-5-6-12-7-8-13(11(2)15(17)18)9-14(12)16(10,3)4/h10,12,14H,5-9H2,1-4H3,(H,17,18)/b13-11+. The van der Waals surface area contributed by atoms with Crippen molar-refractivity contribution in [2.24, 2.45) is 23.2 Å². The predicted octanol–water partition coefficient (Wildman–Crippen LogP) is 4.26. The number of hydrogen-bond donors (Lipinski definition) is 1. The van der Waals surface area contributed by atoms with Crippen molar-refractivity contribution in [1.29, 1.82) is 0 Å². The van der Waals surface area contributed by atoms with E-state index in [1.54, 1.807) is 6.92 Å². The molecule has 2 nitrogen and oxygen atoms in total. The van der Waals surface area contributed by atoms with E-state index in [4.69, 9.17) is 5.11 Å². The van der Waals surface area contributed by atoms with E-state index >= 15 is 0 Å². The van der Waals surface area contributed by atoms with Gasteiger partial charge >= 0.3 is 5.97 Å². The summed E-state index contributed by atoms with van der Waals surface area (Å²) in [4.78, 5) is 11.1. The summed E-state index contributed by atoms with van der Waals surface area (Å²) in [5.74, 6) is 1.52. The van der Waals surface area contributed by atoms with Crippen LogP contribution in [-0.2, 0) is 4.79 Å². The van der Waals surface area contributed by atoms with E-state index < -0.39 is 5.97 Å². The highest BCUT2D eigenvalue weighted by molar-refractivity contribution is 5.86. The van der Waals surface area contributed by atoms with Crippen LogP contribution < -0.4 is 0 Å². The molecule has 3 unspecified atom stereocenters. The highest BCUT2D eigenvalue weighted by Crippen LogP contribution is 2.54. The second-order valence-electron chi connectivity index (χ2n) is 6.94. The average molecular weight is 250 g/mol. The monoisotopic (exact) mass is 250 g/mol. The maximum atomic E-state index is 11.1. The number of rotatable bonds is 1. The minimum Gasteiger partial charge on any atom is -0.478 e. The number of carbonyl (C=O) groups is 1. The van der Waals surface area contributed by atoms with Crippen molar-refractivity contribution in [2.75, 3.05) is 0 Å². The first kappa shape index (κ1) is 13.6. The van der Waals surface area contributed by atoms with Gasteiger partial charge in [-0.25, -0.2) is 4.79 Å². The maximum absolute atomic E-state index is 11.1. The topological polar surface area (TPSA) is 37.3 Å². The van der Waals surface area contributed by atoms with E-state index in [2.05, 4.69) is 20.8 Å². The summed E-state index contributed by atoms with van der Waals surface area (Å²) >= 11 is 0. The van der Waals surface area contributed by atoms with Crippen molar-refractivity contribution in [3.63, 3.8) is 0 Å². The normalized spacial score (nSPS) is 37.9. The fourth-order valence-corrected chi connectivity index (χ4v) is 4.00. The Hall–Kier alpha value is -0.790. The maximum Gasteiger partial charge on any atom is 0.331 e. The first-order valence-corrected chi connectivity index (χ1v) is 7.26. The fraction of sp³-hybridized carbons (Fsp3) is 0.812. The zero-order valence-electron chi connectivity index (χ0n) is 12.1. The average Bonchev–Trinajstić information content (AvgIpc) is 2.33. The Morgan fingerprint density at radius 3 is 2.56 bits per heavy atom. The lowest BCUT2D eigenvalue weighted by molar-refractivity contribution is -0.132. The first-order valence-electron chi connectivity index (χ1n) is 7.26. The summed E-state index contributed by atoms with van der Waals surface area (Å²) in [7, 11) is 0. The number of allylic oxidation sites excluding steroid dienone is 1. The molecular formula is C16H26O2. The summed E-state index contributed by atoms with van der Waals surface area (Å²) in [6.45, 7) is 8.90. The highest BCUT2D eigenvalue weighted by atomic mass is 16.4. The van der Waals surface area contributed by atoms with E-state index in [0.717, 1.165) is 24.7 Å². The van der Waals surface area contributed by atoms with Gasteiger partial charge in [0.05, 0.1) is 0 Å². The summed E-state index contributed by atoms with van der Waals surface area (Å²) in [5.41, 5.74) is 2.15. The smallest absolute Gasteiger partial charge is 0.331 e. The minimum atomic E-state index is -0.731. The molecule has 0 bridgehead atoms. The number of carboxylic acids is 1. The van der Waals surface area contributed by atoms with Crippen LogP contribution in [0.3, 0.4) is 0 Å². The Bertz CT molecular complexity index is 379. The van der Waals surface area contributed by atoms with E-state index in [9.17, 15) is 4.79 Å². The van der Waals surface area contributed by atoms with Gasteiger partial charge in [0.2, 0.25) is 0 Å². The van der Waals surface area contributed by atoms with Crippen LogP contribution in [0.5, 0.6) is 0 Å². The molecule has 0 spiro atoms. The van der Waals surface area contributed by atoms with Gasteiger partial charge in [-0.05, 0) is 62.2 Å². The molecule has 2 saturated carbocycles. The third-order valence-electron chi connectivity index (χ3n) is 5.90. The van der Waals surface area contributed by atoms with Crippen molar-refractivity contribution in [2.45, 2.75) is 59.8 Å².